The van der Waals surface area contributed by atoms with Gasteiger partial charge in [-0.25, -0.2) is 9.37 Å². The first-order chi connectivity index (χ1) is 15.8. The highest BCUT2D eigenvalue weighted by molar-refractivity contribution is 7.22. The van der Waals surface area contributed by atoms with E-state index in [-0.39, 0.29) is 22.1 Å². The lowest BCUT2D eigenvalue weighted by Crippen LogP contribution is -2.25. The van der Waals surface area contributed by atoms with Gasteiger partial charge in [-0.1, -0.05) is 11.3 Å². The van der Waals surface area contributed by atoms with Crippen LogP contribution in [0.2, 0.25) is 0 Å². The Morgan fingerprint density at radius 3 is 2.18 bits per heavy atom. The van der Waals surface area contributed by atoms with E-state index in [0.717, 1.165) is 16.3 Å². The highest BCUT2D eigenvalue weighted by atomic mass is 32.1. The largest absolute Gasteiger partial charge is 0.280 e. The average molecular weight is 465 g/mol. The van der Waals surface area contributed by atoms with Gasteiger partial charge in [0.25, 0.3) is 17.3 Å². The van der Waals surface area contributed by atoms with Gasteiger partial charge >= 0.3 is 0 Å². The number of nitro groups is 2. The number of nitrogens with zero attached hydrogens (tertiary/aromatic N) is 5. The summed E-state index contributed by atoms with van der Waals surface area (Å²) in [6.45, 7) is 0. The average Bonchev–Trinajstić information content (AvgIpc) is 3.22. The second-order valence-electron chi connectivity index (χ2n) is 6.62. The quantitative estimate of drug-likeness (QED) is 0.225. The number of carbonyl (C=O) groups excluding carboxylic acids is 1. The Hall–Kier alpha value is -4.58. The molecule has 0 unspecified atom stereocenters. The van der Waals surface area contributed by atoms with Crippen LogP contribution in [0.1, 0.15) is 15.9 Å². The van der Waals surface area contributed by atoms with Gasteiger partial charge in [0.05, 0.1) is 26.3 Å². The van der Waals surface area contributed by atoms with Gasteiger partial charge in [0.15, 0.2) is 0 Å². The van der Waals surface area contributed by atoms with Crippen molar-refractivity contribution in [2.45, 2.75) is 0 Å². The first-order valence-corrected chi connectivity index (χ1v) is 10.1. The first-order valence-electron chi connectivity index (χ1n) is 9.25. The number of aromatic nitrogens is 1. The lowest BCUT2D eigenvalue weighted by molar-refractivity contribution is -0.385. The smallest absolute Gasteiger partial charge is 0.267 e. The Labute approximate surface area is 188 Å². The van der Waals surface area contributed by atoms with Crippen molar-refractivity contribution in [3.63, 3.8) is 0 Å². The number of hydrogen-bond donors (Lipinski definition) is 0. The van der Waals surface area contributed by atoms with Crippen LogP contribution in [-0.4, -0.2) is 27.0 Å². The zero-order valence-corrected chi connectivity index (χ0v) is 17.3. The predicted octanol–water partition coefficient (Wildman–Crippen LogP) is 4.93. The van der Waals surface area contributed by atoms with Crippen LogP contribution in [0, 0.1) is 26.0 Å². The number of carbonyl (C=O) groups is 1. The van der Waals surface area contributed by atoms with Crippen molar-refractivity contribution in [1.82, 2.24) is 4.98 Å². The van der Waals surface area contributed by atoms with Crippen molar-refractivity contribution < 1.29 is 19.0 Å². The fourth-order valence-electron chi connectivity index (χ4n) is 2.82. The molecule has 33 heavy (non-hydrogen) atoms. The summed E-state index contributed by atoms with van der Waals surface area (Å²) in [5, 5.41) is 27.1. The lowest BCUT2D eigenvalue weighted by atomic mass is 10.2. The van der Waals surface area contributed by atoms with E-state index in [0.29, 0.717) is 15.8 Å². The number of nitro benzene ring substituents is 2. The van der Waals surface area contributed by atoms with Gasteiger partial charge < -0.3 is 0 Å². The maximum absolute atomic E-state index is 13.6. The van der Waals surface area contributed by atoms with Crippen LogP contribution in [0.15, 0.2) is 71.8 Å². The molecule has 0 aliphatic heterocycles. The third-order valence-electron chi connectivity index (χ3n) is 4.46. The van der Waals surface area contributed by atoms with Crippen molar-refractivity contribution in [3.8, 4) is 0 Å². The maximum Gasteiger partial charge on any atom is 0.280 e. The van der Waals surface area contributed by atoms with E-state index < -0.39 is 21.6 Å². The third-order valence-corrected chi connectivity index (χ3v) is 5.46. The SMILES string of the molecule is O=C(c1ccc([N+](=O)[O-])cc1)N(/N=C/c1ccc([N+](=O)[O-])cc1)c1nc2ccc(F)cc2s1. The number of hydrogen-bond acceptors (Lipinski definition) is 8. The topological polar surface area (TPSA) is 132 Å². The molecule has 12 heteroatoms. The molecule has 10 nitrogen and oxygen atoms in total. The molecule has 0 radical (unpaired) electrons. The van der Waals surface area contributed by atoms with Gasteiger partial charge in [-0.15, -0.1) is 0 Å². The zero-order valence-electron chi connectivity index (χ0n) is 16.5. The van der Waals surface area contributed by atoms with E-state index in [9.17, 15) is 29.4 Å². The highest BCUT2D eigenvalue weighted by Crippen LogP contribution is 2.31. The molecule has 164 valence electrons. The monoisotopic (exact) mass is 465 g/mol. The van der Waals surface area contributed by atoms with E-state index >= 15 is 0 Å². The highest BCUT2D eigenvalue weighted by Gasteiger charge is 2.22. The molecular formula is C21H12FN5O5S. The summed E-state index contributed by atoms with van der Waals surface area (Å²) >= 11 is 1.03. The Kier molecular flexibility index (Phi) is 5.83. The molecule has 0 aliphatic carbocycles. The van der Waals surface area contributed by atoms with Gasteiger partial charge in [0, 0.05) is 29.8 Å². The van der Waals surface area contributed by atoms with E-state index in [1.807, 2.05) is 0 Å². The third kappa shape index (κ3) is 4.70. The summed E-state index contributed by atoms with van der Waals surface area (Å²) in [4.78, 5) is 38.1. The Morgan fingerprint density at radius 2 is 1.58 bits per heavy atom. The lowest BCUT2D eigenvalue weighted by Gasteiger charge is -2.13. The molecule has 4 rings (SSSR count). The van der Waals surface area contributed by atoms with Gasteiger partial charge in [-0.2, -0.15) is 10.1 Å². The fraction of sp³-hybridized carbons (Fsp3) is 0. The van der Waals surface area contributed by atoms with Crippen molar-refractivity contribution >= 4 is 50.2 Å². The van der Waals surface area contributed by atoms with E-state index in [4.69, 9.17) is 0 Å². The van der Waals surface area contributed by atoms with Crippen LogP contribution in [0.25, 0.3) is 10.2 Å². The number of anilines is 1. The normalized spacial score (nSPS) is 11.1. The van der Waals surface area contributed by atoms with Crippen molar-refractivity contribution in [1.29, 1.82) is 0 Å². The molecule has 1 heterocycles. The number of non-ortho nitro benzene ring substituents is 2. The van der Waals surface area contributed by atoms with Gasteiger partial charge in [0.2, 0.25) is 5.13 Å². The van der Waals surface area contributed by atoms with Crippen LogP contribution < -0.4 is 5.01 Å². The Bertz CT molecular complexity index is 1400. The number of amides is 1. The first kappa shape index (κ1) is 21.6. The summed E-state index contributed by atoms with van der Waals surface area (Å²) in [7, 11) is 0. The molecule has 1 amide bonds. The zero-order chi connectivity index (χ0) is 23.5. The summed E-state index contributed by atoms with van der Waals surface area (Å²) in [5.74, 6) is -1.08. The molecular weight excluding hydrogens is 453 g/mol. The molecule has 4 aromatic rings. The molecule has 0 N–H and O–H groups in total. The number of hydrazone groups is 1. The van der Waals surface area contributed by atoms with E-state index in [1.54, 1.807) is 0 Å². The van der Waals surface area contributed by atoms with Crippen molar-refractivity contribution in [3.05, 3.63) is 104 Å². The molecule has 0 aliphatic rings. The van der Waals surface area contributed by atoms with Crippen molar-refractivity contribution in [2.75, 3.05) is 5.01 Å². The standard InChI is InChI=1S/C21H12FN5O5S/c22-15-5-10-18-19(11-15)33-21(24-18)25(20(28)14-3-8-17(9-4-14)27(31)32)23-12-13-1-6-16(7-2-13)26(29)30/h1-12H/b23-12+. The second-order valence-corrected chi connectivity index (χ2v) is 7.63. The second kappa shape index (κ2) is 8.88. The fourth-order valence-corrected chi connectivity index (χ4v) is 3.77. The maximum atomic E-state index is 13.6. The molecule has 0 spiro atoms. The van der Waals surface area contributed by atoms with Crippen LogP contribution in [0.5, 0.6) is 0 Å². The number of thiazole rings is 1. The molecule has 0 bridgehead atoms. The number of rotatable bonds is 6. The molecule has 0 atom stereocenters. The Balaban J connectivity index is 1.72. The molecule has 1 aromatic heterocycles. The summed E-state index contributed by atoms with van der Waals surface area (Å²) in [6.07, 6.45) is 1.32. The number of halogens is 1. The summed E-state index contributed by atoms with van der Waals surface area (Å²) < 4.78 is 14.1. The predicted molar refractivity (Wildman–Crippen MR) is 120 cm³/mol. The van der Waals surface area contributed by atoms with Crippen LogP contribution in [0.4, 0.5) is 20.9 Å². The number of benzene rings is 3. The minimum Gasteiger partial charge on any atom is -0.267 e. The summed E-state index contributed by atoms with van der Waals surface area (Å²) in [6, 6.07) is 14.5. The minimum atomic E-state index is -0.623. The van der Waals surface area contributed by atoms with Gasteiger partial charge in [-0.05, 0) is 48.0 Å². The van der Waals surface area contributed by atoms with Crippen LogP contribution >= 0.6 is 11.3 Å². The van der Waals surface area contributed by atoms with E-state index in [1.165, 1.54) is 72.9 Å². The summed E-state index contributed by atoms with van der Waals surface area (Å²) in [5.41, 5.74) is 0.784. The molecule has 0 saturated heterocycles. The molecule has 0 saturated carbocycles. The number of fused-ring (bicyclic) bond motifs is 1. The minimum absolute atomic E-state index is 0.0980. The molecule has 0 fully saturated rings. The van der Waals surface area contributed by atoms with Crippen LogP contribution in [0.3, 0.4) is 0 Å². The van der Waals surface area contributed by atoms with Gasteiger partial charge in [0.1, 0.15) is 5.82 Å². The molecule has 3 aromatic carbocycles. The van der Waals surface area contributed by atoms with Crippen LogP contribution in [-0.2, 0) is 0 Å². The van der Waals surface area contributed by atoms with Crippen molar-refractivity contribution in [2.24, 2.45) is 5.10 Å². The van der Waals surface area contributed by atoms with Gasteiger partial charge in [-0.3, -0.25) is 25.0 Å². The van der Waals surface area contributed by atoms with E-state index in [2.05, 4.69) is 10.1 Å². The Morgan fingerprint density at radius 1 is 0.970 bits per heavy atom.